The number of thioether (sulfide) groups is 1. The van der Waals surface area contributed by atoms with Gasteiger partial charge in [-0.2, -0.15) is 5.10 Å². The van der Waals surface area contributed by atoms with Gasteiger partial charge in [-0.05, 0) is 58.7 Å². The molecule has 1 saturated heterocycles. The van der Waals surface area contributed by atoms with Crippen LogP contribution >= 0.6 is 27.7 Å². The Labute approximate surface area is 181 Å². The maximum absolute atomic E-state index is 12.1. The molecule has 2 aromatic rings. The van der Waals surface area contributed by atoms with Crippen LogP contribution in [0.3, 0.4) is 0 Å². The topological polar surface area (TPSA) is 92.2 Å². The molecule has 1 aliphatic heterocycles. The van der Waals surface area contributed by atoms with Crippen molar-refractivity contribution in [1.82, 2.24) is 5.32 Å². The Morgan fingerprint density at radius 1 is 1.31 bits per heavy atom. The maximum Gasteiger partial charge on any atom is 0.240 e. The summed E-state index contributed by atoms with van der Waals surface area (Å²) in [6.45, 7) is 2.51. The minimum absolute atomic E-state index is 0.0555. The Hall–Kier alpha value is -2.65. The molecule has 0 spiro atoms. The third-order valence-electron chi connectivity index (χ3n) is 3.82. The Morgan fingerprint density at radius 3 is 2.83 bits per heavy atom. The van der Waals surface area contributed by atoms with Gasteiger partial charge in [-0.1, -0.05) is 30.0 Å². The van der Waals surface area contributed by atoms with Crippen molar-refractivity contribution in [2.45, 2.75) is 18.6 Å². The van der Waals surface area contributed by atoms with Crippen molar-refractivity contribution in [1.29, 1.82) is 0 Å². The molecule has 2 aromatic carbocycles. The first-order valence-electron chi connectivity index (χ1n) is 8.91. The highest BCUT2D eigenvalue weighted by Gasteiger charge is 2.32. The molecule has 0 aromatic heterocycles. The molecular formula is C20H19BrN4O3S. The highest BCUT2D eigenvalue weighted by atomic mass is 79.9. The average molecular weight is 475 g/mol. The van der Waals surface area contributed by atoms with Crippen molar-refractivity contribution in [3.05, 3.63) is 58.6 Å². The van der Waals surface area contributed by atoms with Crippen LogP contribution in [0.2, 0.25) is 0 Å². The zero-order valence-corrected chi connectivity index (χ0v) is 18.0. The lowest BCUT2D eigenvalue weighted by Crippen LogP contribution is -2.28. The van der Waals surface area contributed by atoms with E-state index in [0.29, 0.717) is 17.5 Å². The Kier molecular flexibility index (Phi) is 7.42. The van der Waals surface area contributed by atoms with Crippen molar-refractivity contribution in [2.24, 2.45) is 10.2 Å². The Balaban J connectivity index is 1.55. The minimum Gasteiger partial charge on any atom is -0.493 e. The summed E-state index contributed by atoms with van der Waals surface area (Å²) in [7, 11) is 0. The molecule has 3 rings (SSSR count). The van der Waals surface area contributed by atoms with Crippen molar-refractivity contribution < 1.29 is 14.3 Å². The first kappa shape index (κ1) is 21.1. The number of anilines is 1. The molecule has 1 atom stereocenters. The van der Waals surface area contributed by atoms with Gasteiger partial charge in [0.2, 0.25) is 11.8 Å². The summed E-state index contributed by atoms with van der Waals surface area (Å²) in [5.74, 6) is 0.273. The van der Waals surface area contributed by atoms with E-state index in [9.17, 15) is 9.59 Å². The number of carbonyl (C=O) groups excluding carboxylic acids is 2. The zero-order valence-electron chi connectivity index (χ0n) is 15.6. The molecule has 9 heteroatoms. The lowest BCUT2D eigenvalue weighted by Gasteiger charge is -2.06. The smallest absolute Gasteiger partial charge is 0.240 e. The average Bonchev–Trinajstić information content (AvgIpc) is 3.04. The van der Waals surface area contributed by atoms with Crippen LogP contribution in [-0.4, -0.2) is 35.1 Å². The lowest BCUT2D eigenvalue weighted by molar-refractivity contribution is -0.122. The second-order valence-corrected chi connectivity index (χ2v) is 8.03. The van der Waals surface area contributed by atoms with E-state index in [0.717, 1.165) is 15.8 Å². The molecule has 0 saturated carbocycles. The van der Waals surface area contributed by atoms with Crippen LogP contribution in [0.5, 0.6) is 5.75 Å². The number of amidine groups is 1. The summed E-state index contributed by atoms with van der Waals surface area (Å²) in [6.07, 6.45) is 1.63. The van der Waals surface area contributed by atoms with Gasteiger partial charge in [0.25, 0.3) is 0 Å². The molecule has 1 fully saturated rings. The number of carbonyl (C=O) groups is 2. The highest BCUT2D eigenvalue weighted by molar-refractivity contribution is 9.10. The third kappa shape index (κ3) is 6.16. The second-order valence-electron chi connectivity index (χ2n) is 5.99. The van der Waals surface area contributed by atoms with Crippen molar-refractivity contribution in [3.63, 3.8) is 0 Å². The summed E-state index contributed by atoms with van der Waals surface area (Å²) in [6, 6.07) is 14.7. The normalized spacial score (nSPS) is 17.5. The molecule has 0 bridgehead atoms. The molecule has 1 aliphatic rings. The third-order valence-corrected chi connectivity index (χ3v) is 5.51. The van der Waals surface area contributed by atoms with Crippen LogP contribution in [0.25, 0.3) is 0 Å². The predicted octanol–water partition coefficient (Wildman–Crippen LogP) is 3.80. The van der Waals surface area contributed by atoms with E-state index in [4.69, 9.17) is 4.74 Å². The monoisotopic (exact) mass is 474 g/mol. The number of para-hydroxylation sites is 1. The van der Waals surface area contributed by atoms with Gasteiger partial charge in [-0.15, -0.1) is 5.10 Å². The number of nitrogens with one attached hydrogen (secondary N) is 2. The molecule has 7 nitrogen and oxygen atoms in total. The second kappa shape index (κ2) is 10.2. The summed E-state index contributed by atoms with van der Waals surface area (Å²) in [4.78, 5) is 24.2. The predicted molar refractivity (Wildman–Crippen MR) is 120 cm³/mol. The van der Waals surface area contributed by atoms with Crippen LogP contribution in [0.1, 0.15) is 18.9 Å². The van der Waals surface area contributed by atoms with Gasteiger partial charge in [-0.25, -0.2) is 0 Å². The van der Waals surface area contributed by atoms with Gasteiger partial charge < -0.3 is 15.4 Å². The molecular weight excluding hydrogens is 456 g/mol. The molecule has 0 radical (unpaired) electrons. The molecule has 1 unspecified atom stereocenters. The summed E-state index contributed by atoms with van der Waals surface area (Å²) in [5.41, 5.74) is 1.53. The maximum atomic E-state index is 12.1. The first-order valence-corrected chi connectivity index (χ1v) is 10.6. The van der Waals surface area contributed by atoms with Crippen LogP contribution < -0.4 is 15.4 Å². The summed E-state index contributed by atoms with van der Waals surface area (Å²) in [5, 5.41) is 13.3. The number of rotatable bonds is 7. The Morgan fingerprint density at radius 2 is 2.10 bits per heavy atom. The van der Waals surface area contributed by atoms with E-state index in [-0.39, 0.29) is 18.2 Å². The van der Waals surface area contributed by atoms with E-state index in [1.807, 2.05) is 43.3 Å². The number of halogens is 1. The number of hydrogen-bond donors (Lipinski definition) is 2. The summed E-state index contributed by atoms with van der Waals surface area (Å²) >= 11 is 4.64. The van der Waals surface area contributed by atoms with Gasteiger partial charge in [0, 0.05) is 12.1 Å². The van der Waals surface area contributed by atoms with E-state index >= 15 is 0 Å². The molecule has 2 N–H and O–H groups in total. The number of nitrogens with zero attached hydrogens (tertiary/aromatic N) is 2. The van der Waals surface area contributed by atoms with Crippen LogP contribution in [-0.2, 0) is 9.59 Å². The summed E-state index contributed by atoms with van der Waals surface area (Å²) < 4.78 is 6.29. The SMILES string of the molecule is CCOc1ccc(/C=N/N=C2\NC(=O)C(CC(=O)Nc3ccccc3)S2)cc1Br. The fourth-order valence-corrected chi connectivity index (χ4v) is 3.94. The first-order chi connectivity index (χ1) is 14.0. The molecule has 29 heavy (non-hydrogen) atoms. The van der Waals surface area contributed by atoms with Crippen LogP contribution in [0, 0.1) is 0 Å². The van der Waals surface area contributed by atoms with Gasteiger partial charge >= 0.3 is 0 Å². The van der Waals surface area contributed by atoms with Gasteiger partial charge in [0.1, 0.15) is 11.0 Å². The van der Waals surface area contributed by atoms with Crippen molar-refractivity contribution in [3.8, 4) is 5.75 Å². The zero-order chi connectivity index (χ0) is 20.6. The largest absolute Gasteiger partial charge is 0.493 e. The number of amides is 2. The van der Waals surface area contributed by atoms with Crippen molar-refractivity contribution >= 4 is 56.6 Å². The van der Waals surface area contributed by atoms with E-state index < -0.39 is 5.25 Å². The van der Waals surface area contributed by atoms with Crippen LogP contribution in [0.15, 0.2) is 63.2 Å². The van der Waals surface area contributed by atoms with Crippen molar-refractivity contribution in [2.75, 3.05) is 11.9 Å². The fourth-order valence-electron chi connectivity index (χ4n) is 2.51. The van der Waals surface area contributed by atoms with Gasteiger partial charge in [0.15, 0.2) is 5.17 Å². The number of ether oxygens (including phenoxy) is 1. The molecule has 2 amide bonds. The molecule has 1 heterocycles. The van der Waals surface area contributed by atoms with E-state index in [1.165, 1.54) is 11.8 Å². The minimum atomic E-state index is -0.535. The fraction of sp³-hybridized carbons (Fsp3) is 0.200. The highest BCUT2D eigenvalue weighted by Crippen LogP contribution is 2.26. The molecule has 0 aliphatic carbocycles. The van der Waals surface area contributed by atoms with Gasteiger partial charge in [0.05, 0.1) is 17.3 Å². The van der Waals surface area contributed by atoms with Crippen LogP contribution in [0.4, 0.5) is 5.69 Å². The van der Waals surface area contributed by atoms with E-state index in [1.54, 1.807) is 18.3 Å². The number of hydrogen-bond acceptors (Lipinski definition) is 6. The van der Waals surface area contributed by atoms with Gasteiger partial charge in [-0.3, -0.25) is 9.59 Å². The quantitative estimate of drug-likeness (QED) is 0.471. The lowest BCUT2D eigenvalue weighted by atomic mass is 10.2. The Bertz CT molecular complexity index is 950. The van der Waals surface area contributed by atoms with E-state index in [2.05, 4.69) is 36.8 Å². The number of benzene rings is 2. The standard InChI is InChI=1S/C20H19BrN4O3S/c1-2-28-16-9-8-13(10-15(16)21)12-22-25-20-24-19(27)17(29-20)11-18(26)23-14-6-4-3-5-7-14/h3-10,12,17H,2,11H2,1H3,(H,23,26)(H,24,25,27)/b22-12+. The molecule has 150 valence electrons.